The smallest absolute Gasteiger partial charge is 0.253 e. The molecule has 0 unspecified atom stereocenters. The minimum atomic E-state index is -0.0212. The lowest BCUT2D eigenvalue weighted by Gasteiger charge is -2.11. The van der Waals surface area contributed by atoms with Gasteiger partial charge in [0, 0.05) is 22.8 Å². The first-order chi connectivity index (χ1) is 13.0. The maximum Gasteiger partial charge on any atom is 0.253 e. The van der Waals surface area contributed by atoms with Gasteiger partial charge in [-0.3, -0.25) is 4.79 Å². The number of ether oxygens (including phenoxy) is 1. The van der Waals surface area contributed by atoms with Crippen LogP contribution >= 0.6 is 11.3 Å². The van der Waals surface area contributed by atoms with Crippen molar-refractivity contribution < 1.29 is 9.53 Å². The first kappa shape index (κ1) is 19.2. The van der Waals surface area contributed by atoms with Crippen molar-refractivity contribution in [2.75, 3.05) is 13.7 Å². The second kappa shape index (κ2) is 8.44. The largest absolute Gasteiger partial charge is 0.496 e. The predicted molar refractivity (Wildman–Crippen MR) is 111 cm³/mol. The maximum atomic E-state index is 12.7. The van der Waals surface area contributed by atoms with E-state index < -0.39 is 0 Å². The van der Waals surface area contributed by atoms with E-state index in [0.29, 0.717) is 6.54 Å². The molecule has 0 atom stereocenters. The third-order valence-electron chi connectivity index (χ3n) is 4.83. The lowest BCUT2D eigenvalue weighted by Crippen LogP contribution is -2.26. The van der Waals surface area contributed by atoms with Gasteiger partial charge in [-0.15, -0.1) is 11.3 Å². The van der Waals surface area contributed by atoms with E-state index in [1.165, 1.54) is 10.4 Å². The first-order valence-electron chi connectivity index (χ1n) is 9.10. The lowest BCUT2D eigenvalue weighted by molar-refractivity contribution is 0.0953. The molecule has 4 nitrogen and oxygen atoms in total. The average Bonchev–Trinajstić information content (AvgIpc) is 3.25. The Morgan fingerprint density at radius 1 is 1.19 bits per heavy atom. The van der Waals surface area contributed by atoms with E-state index in [9.17, 15) is 4.79 Å². The summed E-state index contributed by atoms with van der Waals surface area (Å²) in [5, 5.41) is 5.13. The Balaban J connectivity index is 1.66. The lowest BCUT2D eigenvalue weighted by atomic mass is 10.1. The van der Waals surface area contributed by atoms with Crippen molar-refractivity contribution in [3.63, 3.8) is 0 Å². The average molecular weight is 383 g/mol. The Labute approximate surface area is 164 Å². The van der Waals surface area contributed by atoms with Gasteiger partial charge < -0.3 is 14.6 Å². The van der Waals surface area contributed by atoms with Crippen LogP contribution in [0.1, 0.15) is 37.7 Å². The summed E-state index contributed by atoms with van der Waals surface area (Å²) < 4.78 is 7.61. The molecule has 1 N–H and O–H groups in total. The topological polar surface area (TPSA) is 43.3 Å². The minimum absolute atomic E-state index is 0.0212. The summed E-state index contributed by atoms with van der Waals surface area (Å²) in [7, 11) is 1.68. The van der Waals surface area contributed by atoms with E-state index in [2.05, 4.69) is 47.3 Å². The van der Waals surface area contributed by atoms with Crippen LogP contribution in [-0.4, -0.2) is 24.1 Å². The SMILES string of the molecule is COc1ccc(C)cc1CCNC(=O)c1cc(C)n(Cc2cccs2)c1C. The van der Waals surface area contributed by atoms with E-state index in [0.717, 1.165) is 41.2 Å². The summed E-state index contributed by atoms with van der Waals surface area (Å²) in [6, 6.07) is 12.3. The molecule has 0 aliphatic carbocycles. The molecular weight excluding hydrogens is 356 g/mol. The number of methoxy groups -OCH3 is 1. The van der Waals surface area contributed by atoms with Gasteiger partial charge in [-0.05, 0) is 56.3 Å². The zero-order valence-electron chi connectivity index (χ0n) is 16.3. The molecule has 0 saturated carbocycles. The fourth-order valence-corrected chi connectivity index (χ4v) is 4.03. The number of benzene rings is 1. The van der Waals surface area contributed by atoms with Gasteiger partial charge in [-0.1, -0.05) is 23.8 Å². The first-order valence-corrected chi connectivity index (χ1v) is 9.98. The number of aryl methyl sites for hydroxylation is 2. The predicted octanol–water partition coefficient (Wildman–Crippen LogP) is 4.50. The van der Waals surface area contributed by atoms with Crippen molar-refractivity contribution >= 4 is 17.2 Å². The monoisotopic (exact) mass is 382 g/mol. The zero-order valence-corrected chi connectivity index (χ0v) is 17.2. The summed E-state index contributed by atoms with van der Waals surface area (Å²) in [6.07, 6.45) is 0.741. The van der Waals surface area contributed by atoms with Crippen LogP contribution in [0.5, 0.6) is 5.75 Å². The van der Waals surface area contributed by atoms with Crippen LogP contribution in [0, 0.1) is 20.8 Å². The van der Waals surface area contributed by atoms with E-state index in [4.69, 9.17) is 4.74 Å². The number of carbonyl (C=O) groups is 1. The Hall–Kier alpha value is -2.53. The molecule has 0 bridgehead atoms. The number of aromatic nitrogens is 1. The maximum absolute atomic E-state index is 12.7. The van der Waals surface area contributed by atoms with E-state index in [1.807, 2.05) is 25.1 Å². The van der Waals surface area contributed by atoms with Crippen molar-refractivity contribution in [3.05, 3.63) is 74.7 Å². The molecule has 0 saturated heterocycles. The second-order valence-electron chi connectivity index (χ2n) is 6.77. The highest BCUT2D eigenvalue weighted by Crippen LogP contribution is 2.21. The highest BCUT2D eigenvalue weighted by Gasteiger charge is 2.16. The van der Waals surface area contributed by atoms with Gasteiger partial charge in [-0.25, -0.2) is 0 Å². The van der Waals surface area contributed by atoms with Crippen molar-refractivity contribution in [2.24, 2.45) is 0 Å². The van der Waals surface area contributed by atoms with Gasteiger partial charge in [0.05, 0.1) is 19.2 Å². The van der Waals surface area contributed by atoms with Gasteiger partial charge in [0.15, 0.2) is 0 Å². The van der Waals surface area contributed by atoms with Gasteiger partial charge in [0.2, 0.25) is 0 Å². The molecule has 1 aromatic carbocycles. The Morgan fingerprint density at radius 2 is 2.00 bits per heavy atom. The number of rotatable bonds is 7. The molecule has 1 amide bonds. The van der Waals surface area contributed by atoms with Crippen LogP contribution in [0.3, 0.4) is 0 Å². The van der Waals surface area contributed by atoms with E-state index >= 15 is 0 Å². The van der Waals surface area contributed by atoms with E-state index in [-0.39, 0.29) is 5.91 Å². The molecule has 0 radical (unpaired) electrons. The molecule has 3 rings (SSSR count). The van der Waals surface area contributed by atoms with Crippen LogP contribution in [0.15, 0.2) is 41.8 Å². The van der Waals surface area contributed by atoms with Crippen LogP contribution in [0.2, 0.25) is 0 Å². The highest BCUT2D eigenvalue weighted by molar-refractivity contribution is 7.09. The number of nitrogens with one attached hydrogen (secondary N) is 1. The second-order valence-corrected chi connectivity index (χ2v) is 7.80. The minimum Gasteiger partial charge on any atom is -0.496 e. The Kier molecular flexibility index (Phi) is 6.01. The standard InChI is InChI=1S/C22H26N2O2S/c1-15-7-8-21(26-4)18(12-15)9-10-23-22(25)20-13-16(2)24(17(20)3)14-19-6-5-11-27-19/h5-8,11-13H,9-10,14H2,1-4H3,(H,23,25). The van der Waals surface area contributed by atoms with Crippen LogP contribution in [-0.2, 0) is 13.0 Å². The molecule has 2 aromatic heterocycles. The third-order valence-corrected chi connectivity index (χ3v) is 5.69. The number of thiophene rings is 1. The zero-order chi connectivity index (χ0) is 19.4. The number of carbonyl (C=O) groups excluding carboxylic acids is 1. The molecule has 27 heavy (non-hydrogen) atoms. The molecule has 0 spiro atoms. The molecule has 3 aromatic rings. The number of amides is 1. The molecule has 142 valence electrons. The quantitative estimate of drug-likeness (QED) is 0.654. The molecule has 0 aliphatic rings. The molecule has 2 heterocycles. The molecule has 5 heteroatoms. The summed E-state index contributed by atoms with van der Waals surface area (Å²) in [6.45, 7) is 7.51. The number of nitrogens with zero attached hydrogens (tertiary/aromatic N) is 1. The van der Waals surface area contributed by atoms with Gasteiger partial charge in [0.25, 0.3) is 5.91 Å². The summed E-state index contributed by atoms with van der Waals surface area (Å²) in [5.41, 5.74) is 5.16. The normalized spacial score (nSPS) is 10.8. The molecule has 0 fully saturated rings. The van der Waals surface area contributed by atoms with Gasteiger partial charge in [-0.2, -0.15) is 0 Å². The summed E-state index contributed by atoms with van der Waals surface area (Å²) >= 11 is 1.74. The highest BCUT2D eigenvalue weighted by atomic mass is 32.1. The summed E-state index contributed by atoms with van der Waals surface area (Å²) in [5.74, 6) is 0.844. The van der Waals surface area contributed by atoms with Crippen molar-refractivity contribution in [3.8, 4) is 5.75 Å². The molecular formula is C22H26N2O2S. The third kappa shape index (κ3) is 4.42. The summed E-state index contributed by atoms with van der Waals surface area (Å²) in [4.78, 5) is 14.0. The van der Waals surface area contributed by atoms with Crippen molar-refractivity contribution in [1.82, 2.24) is 9.88 Å². The van der Waals surface area contributed by atoms with Crippen LogP contribution in [0.4, 0.5) is 0 Å². The molecule has 0 aliphatic heterocycles. The Morgan fingerprint density at radius 3 is 2.70 bits per heavy atom. The van der Waals surface area contributed by atoms with Gasteiger partial charge >= 0.3 is 0 Å². The Bertz CT molecular complexity index is 926. The van der Waals surface area contributed by atoms with Gasteiger partial charge in [0.1, 0.15) is 5.75 Å². The van der Waals surface area contributed by atoms with Crippen molar-refractivity contribution in [1.29, 1.82) is 0 Å². The fraction of sp³-hybridized carbons (Fsp3) is 0.318. The fourth-order valence-electron chi connectivity index (χ4n) is 3.34. The van der Waals surface area contributed by atoms with Crippen molar-refractivity contribution in [2.45, 2.75) is 33.7 Å². The number of hydrogen-bond donors (Lipinski definition) is 1. The van der Waals surface area contributed by atoms with Crippen LogP contribution < -0.4 is 10.1 Å². The number of hydrogen-bond acceptors (Lipinski definition) is 3. The van der Waals surface area contributed by atoms with E-state index in [1.54, 1.807) is 18.4 Å². The van der Waals surface area contributed by atoms with Crippen LogP contribution in [0.25, 0.3) is 0 Å².